The predicted octanol–water partition coefficient (Wildman–Crippen LogP) is 5.19. The van der Waals surface area contributed by atoms with Crippen LogP contribution in [0.1, 0.15) is 91.6 Å². The van der Waals surface area contributed by atoms with E-state index in [1.165, 1.54) is 29.1 Å². The number of likely N-dealkylation sites (tertiary alicyclic amines) is 2. The van der Waals surface area contributed by atoms with Gasteiger partial charge in [-0.1, -0.05) is 25.3 Å². The summed E-state index contributed by atoms with van der Waals surface area (Å²) in [6, 6.07) is 12.3. The molecule has 1 N–H and O–H groups in total. The van der Waals surface area contributed by atoms with Crippen molar-refractivity contribution in [3.8, 4) is 17.0 Å². The highest BCUT2D eigenvalue weighted by molar-refractivity contribution is 7.81. The topological polar surface area (TPSA) is 104 Å². The van der Waals surface area contributed by atoms with Crippen LogP contribution >= 0.6 is 0 Å². The molecule has 0 radical (unpaired) electrons. The van der Waals surface area contributed by atoms with Gasteiger partial charge in [-0.15, -0.1) is 0 Å². The van der Waals surface area contributed by atoms with E-state index in [4.69, 9.17) is 4.74 Å². The van der Waals surface area contributed by atoms with Crippen molar-refractivity contribution in [2.24, 2.45) is 11.3 Å². The van der Waals surface area contributed by atoms with Gasteiger partial charge >= 0.3 is 0 Å². The molecule has 0 spiro atoms. The van der Waals surface area contributed by atoms with Crippen molar-refractivity contribution in [2.75, 3.05) is 40.8 Å². The summed E-state index contributed by atoms with van der Waals surface area (Å²) in [6.07, 6.45) is 8.55. The molecule has 2 saturated carbocycles. The van der Waals surface area contributed by atoms with Crippen LogP contribution in [-0.2, 0) is 27.3 Å². The number of piperidine rings is 1. The van der Waals surface area contributed by atoms with Gasteiger partial charge in [0, 0.05) is 75.1 Å². The molecule has 3 aliphatic heterocycles. The number of ether oxygens (including phenoxy) is 1. The smallest absolute Gasteiger partial charge is 0.264 e. The number of methoxy groups -OCH3 is 1. The number of rotatable bonds is 6. The molecule has 3 aromatic rings. The molecule has 0 bridgehead atoms. The lowest BCUT2D eigenvalue weighted by Crippen LogP contribution is -2.52. The summed E-state index contributed by atoms with van der Waals surface area (Å²) in [5.41, 5.74) is 5.54. The zero-order valence-corrected chi connectivity index (χ0v) is 29.8. The third-order valence-corrected chi connectivity index (χ3v) is 13.2. The van der Waals surface area contributed by atoms with Crippen molar-refractivity contribution in [1.82, 2.24) is 23.4 Å². The number of hydrogen-bond acceptors (Lipinski definition) is 5. The summed E-state index contributed by atoms with van der Waals surface area (Å²) in [6.45, 7) is 4.19. The average molecular weight is 686 g/mol. The van der Waals surface area contributed by atoms with E-state index < -0.39 is 22.5 Å². The van der Waals surface area contributed by atoms with Gasteiger partial charge in [0.2, 0.25) is 11.8 Å². The van der Waals surface area contributed by atoms with E-state index in [0.717, 1.165) is 72.1 Å². The standard InChI is InChI=1S/C38H47N5O5S/c1-23(44)41-20-26-11-8-16-42(33(26)21-41)37(46)38-19-31(38)30-18-27(48-4)13-15-28(30)35-34(24-9-6-5-7-10-24)29-14-12-25(17-32(29)43(35)22-38)36(45)39-49(47)40(2)3/h12-15,17-18,24,26,31,33H,5-11,16,19-22H2,1-4H3,(H,39,45). The van der Waals surface area contributed by atoms with Crippen molar-refractivity contribution >= 4 is 39.8 Å². The molecule has 260 valence electrons. The highest BCUT2D eigenvalue weighted by Crippen LogP contribution is 2.66. The summed E-state index contributed by atoms with van der Waals surface area (Å²) in [4.78, 5) is 45.0. The van der Waals surface area contributed by atoms with Crippen LogP contribution < -0.4 is 9.46 Å². The van der Waals surface area contributed by atoms with Gasteiger partial charge in [0.05, 0.1) is 24.3 Å². The number of hydrogen-bond donors (Lipinski definition) is 1. The van der Waals surface area contributed by atoms with Gasteiger partial charge in [-0.05, 0) is 85.4 Å². The first-order valence-corrected chi connectivity index (χ1v) is 19.0. The average Bonchev–Trinajstić information content (AvgIpc) is 3.55. The molecule has 5 atom stereocenters. The Morgan fingerprint density at radius 3 is 2.53 bits per heavy atom. The van der Waals surface area contributed by atoms with Crippen LogP contribution in [-0.4, -0.2) is 87.5 Å². The Hall–Kier alpha value is -3.70. The zero-order chi connectivity index (χ0) is 34.2. The molecule has 8 rings (SSSR count). The summed E-state index contributed by atoms with van der Waals surface area (Å²) in [5.74, 6) is 1.39. The fourth-order valence-corrected chi connectivity index (χ4v) is 10.1. The quantitative estimate of drug-likeness (QED) is 0.385. The number of aromatic nitrogens is 1. The summed E-state index contributed by atoms with van der Waals surface area (Å²) < 4.78 is 24.7. The van der Waals surface area contributed by atoms with E-state index in [1.807, 2.05) is 23.1 Å². The Balaban J connectivity index is 1.29. The third-order valence-electron chi connectivity index (χ3n) is 12.2. The second-order valence-electron chi connectivity index (χ2n) is 15.2. The van der Waals surface area contributed by atoms with Gasteiger partial charge in [0.15, 0.2) is 11.2 Å². The van der Waals surface area contributed by atoms with Gasteiger partial charge < -0.3 is 19.1 Å². The van der Waals surface area contributed by atoms with Gasteiger partial charge in [0.1, 0.15) is 5.75 Å². The van der Waals surface area contributed by atoms with Crippen molar-refractivity contribution in [3.63, 3.8) is 0 Å². The van der Waals surface area contributed by atoms with Crippen LogP contribution in [0.2, 0.25) is 0 Å². The Kier molecular flexibility index (Phi) is 8.13. The largest absolute Gasteiger partial charge is 0.497 e. The Morgan fingerprint density at radius 2 is 1.80 bits per heavy atom. The predicted molar refractivity (Wildman–Crippen MR) is 189 cm³/mol. The minimum Gasteiger partial charge on any atom is -0.497 e. The summed E-state index contributed by atoms with van der Waals surface area (Å²) in [5, 5.41) is 1.13. The lowest BCUT2D eigenvalue weighted by molar-refractivity contribution is -0.142. The molecule has 2 aliphatic carbocycles. The van der Waals surface area contributed by atoms with Gasteiger partial charge in [-0.3, -0.25) is 19.1 Å². The normalized spacial score (nSPS) is 26.8. The minimum atomic E-state index is -1.65. The highest BCUT2D eigenvalue weighted by atomic mass is 32.2. The van der Waals surface area contributed by atoms with Crippen LogP contribution in [0.5, 0.6) is 5.75 Å². The lowest BCUT2D eigenvalue weighted by atomic mass is 9.81. The van der Waals surface area contributed by atoms with Crippen LogP contribution in [0.15, 0.2) is 36.4 Å². The van der Waals surface area contributed by atoms with E-state index in [9.17, 15) is 13.8 Å². The van der Waals surface area contributed by atoms with Crippen LogP contribution in [0.4, 0.5) is 0 Å². The molecule has 4 heterocycles. The Morgan fingerprint density at radius 1 is 1.00 bits per heavy atom. The Labute approximate surface area is 290 Å². The molecule has 1 aromatic heterocycles. The third kappa shape index (κ3) is 5.30. The second kappa shape index (κ2) is 12.3. The SMILES string of the molecule is COc1ccc2c(c1)C1CC1(C(=O)N1CCCC3CN(C(C)=O)CC31)Cn1c-2c(C2CCCCC2)c2ccc(C(=O)NS(=O)N(C)C)cc21. The second-order valence-corrected chi connectivity index (χ2v) is 16.6. The molecule has 5 aliphatic rings. The molecule has 49 heavy (non-hydrogen) atoms. The van der Waals surface area contributed by atoms with Crippen LogP contribution in [0.25, 0.3) is 22.2 Å². The maximum Gasteiger partial charge on any atom is 0.264 e. The molecule has 2 saturated heterocycles. The fourth-order valence-electron chi connectivity index (χ4n) is 9.63. The zero-order valence-electron chi connectivity index (χ0n) is 29.0. The molecule has 5 unspecified atom stereocenters. The van der Waals surface area contributed by atoms with Gasteiger partial charge in [0.25, 0.3) is 5.91 Å². The first-order chi connectivity index (χ1) is 23.6. The van der Waals surface area contributed by atoms with E-state index in [-0.39, 0.29) is 23.8 Å². The number of benzene rings is 2. The summed E-state index contributed by atoms with van der Waals surface area (Å²) >= 11 is -1.65. The maximum absolute atomic E-state index is 15.1. The van der Waals surface area contributed by atoms with Crippen molar-refractivity contribution in [3.05, 3.63) is 53.1 Å². The first kappa shape index (κ1) is 32.5. The van der Waals surface area contributed by atoms with E-state index >= 15 is 4.79 Å². The van der Waals surface area contributed by atoms with Crippen molar-refractivity contribution in [2.45, 2.75) is 82.7 Å². The molecular formula is C38H47N5O5S. The van der Waals surface area contributed by atoms with Crippen LogP contribution in [0, 0.1) is 11.3 Å². The monoisotopic (exact) mass is 685 g/mol. The minimum absolute atomic E-state index is 0.0407. The number of nitrogens with zero attached hydrogens (tertiary/aromatic N) is 4. The Bertz CT molecular complexity index is 1880. The number of carbonyl (C=O) groups is 3. The summed E-state index contributed by atoms with van der Waals surface area (Å²) in [7, 11) is 5.01. The lowest BCUT2D eigenvalue weighted by Gasteiger charge is -2.39. The molecule has 11 heteroatoms. The van der Waals surface area contributed by atoms with Gasteiger partial charge in [-0.25, -0.2) is 8.51 Å². The van der Waals surface area contributed by atoms with Crippen LogP contribution in [0.3, 0.4) is 0 Å². The van der Waals surface area contributed by atoms with Crippen molar-refractivity contribution in [1.29, 1.82) is 0 Å². The number of carbonyl (C=O) groups excluding carboxylic acids is 3. The number of amides is 3. The van der Waals surface area contributed by atoms with E-state index in [2.05, 4.69) is 32.4 Å². The highest BCUT2D eigenvalue weighted by Gasteiger charge is 2.65. The van der Waals surface area contributed by atoms with Crippen molar-refractivity contribution < 1.29 is 23.3 Å². The molecule has 10 nitrogen and oxygen atoms in total. The molecular weight excluding hydrogens is 639 g/mol. The number of fused-ring (bicyclic) bond motifs is 8. The first-order valence-electron chi connectivity index (χ1n) is 17.9. The van der Waals surface area contributed by atoms with E-state index in [0.29, 0.717) is 37.0 Å². The molecule has 4 fully saturated rings. The van der Waals surface area contributed by atoms with Gasteiger partial charge in [-0.2, -0.15) is 0 Å². The molecule has 3 amide bonds. The van der Waals surface area contributed by atoms with E-state index in [1.54, 1.807) is 28.1 Å². The molecule has 2 aromatic carbocycles. The number of nitrogens with one attached hydrogen (secondary N) is 1. The maximum atomic E-state index is 15.1. The fraction of sp³-hybridized carbons (Fsp3) is 0.553.